The zero-order valence-electron chi connectivity index (χ0n) is 10.4. The van der Waals surface area contributed by atoms with Crippen LogP contribution in [0, 0.1) is 16.0 Å². The highest BCUT2D eigenvalue weighted by Crippen LogP contribution is 2.35. The first-order chi connectivity index (χ1) is 8.79. The van der Waals surface area contributed by atoms with E-state index < -0.39 is 20.9 Å². The van der Waals surface area contributed by atoms with Crippen LogP contribution in [0.5, 0.6) is 0 Å². The first-order valence-electron chi connectivity index (χ1n) is 5.94. The minimum absolute atomic E-state index is 0.0798. The van der Waals surface area contributed by atoms with Gasteiger partial charge >= 0.3 is 0 Å². The Morgan fingerprint density at radius 2 is 2.11 bits per heavy atom. The predicted octanol–water partition coefficient (Wildman–Crippen LogP) is 1.31. The molecule has 19 heavy (non-hydrogen) atoms. The topological polar surface area (TPSA) is 97.5 Å². The van der Waals surface area contributed by atoms with Crippen molar-refractivity contribution in [1.82, 2.24) is 0 Å². The van der Waals surface area contributed by atoms with Crippen molar-refractivity contribution in [2.75, 3.05) is 6.26 Å². The second-order valence-electron chi connectivity index (χ2n) is 4.93. The van der Waals surface area contributed by atoms with Gasteiger partial charge in [-0.2, -0.15) is 0 Å². The summed E-state index contributed by atoms with van der Waals surface area (Å²) in [5.74, 6) is 0.217. The molecule has 1 saturated carbocycles. The van der Waals surface area contributed by atoms with E-state index in [0.29, 0.717) is 5.56 Å². The lowest BCUT2D eigenvalue weighted by Crippen LogP contribution is -2.14. The molecule has 6 nitrogen and oxygen atoms in total. The molecule has 0 saturated heterocycles. The maximum atomic E-state index is 11.4. The Morgan fingerprint density at radius 3 is 2.58 bits per heavy atom. The van der Waals surface area contributed by atoms with Crippen LogP contribution in [0.3, 0.4) is 0 Å². The molecule has 1 fully saturated rings. The smallest absolute Gasteiger partial charge is 0.273 e. The van der Waals surface area contributed by atoms with Crippen LogP contribution in [0.25, 0.3) is 0 Å². The van der Waals surface area contributed by atoms with Gasteiger partial charge in [-0.1, -0.05) is 6.07 Å². The van der Waals surface area contributed by atoms with E-state index in [4.69, 9.17) is 0 Å². The van der Waals surface area contributed by atoms with Gasteiger partial charge in [0.15, 0.2) is 9.84 Å². The molecule has 1 aromatic rings. The van der Waals surface area contributed by atoms with Crippen molar-refractivity contribution in [3.8, 4) is 0 Å². The van der Waals surface area contributed by atoms with Crippen LogP contribution in [0.2, 0.25) is 0 Å². The molecule has 0 radical (unpaired) electrons. The Kier molecular flexibility index (Phi) is 3.60. The third kappa shape index (κ3) is 3.30. The molecule has 0 aliphatic heterocycles. The highest BCUT2D eigenvalue weighted by molar-refractivity contribution is 7.90. The van der Waals surface area contributed by atoms with Gasteiger partial charge in [-0.25, -0.2) is 8.42 Å². The number of rotatable bonds is 5. The summed E-state index contributed by atoms with van der Waals surface area (Å²) >= 11 is 0. The molecule has 0 heterocycles. The largest absolute Gasteiger partial charge is 0.392 e. The van der Waals surface area contributed by atoms with Crippen molar-refractivity contribution in [1.29, 1.82) is 0 Å². The molecule has 1 aliphatic rings. The van der Waals surface area contributed by atoms with Crippen LogP contribution in [0.15, 0.2) is 23.1 Å². The minimum Gasteiger partial charge on any atom is -0.392 e. The Hall–Kier alpha value is -1.47. The second kappa shape index (κ2) is 4.90. The molecule has 1 N–H and O–H groups in total. The first-order valence-corrected chi connectivity index (χ1v) is 7.83. The van der Waals surface area contributed by atoms with Gasteiger partial charge < -0.3 is 5.11 Å². The van der Waals surface area contributed by atoms with Gasteiger partial charge in [-0.05, 0) is 24.8 Å². The van der Waals surface area contributed by atoms with Crippen molar-refractivity contribution in [2.24, 2.45) is 5.92 Å². The van der Waals surface area contributed by atoms with Crippen molar-refractivity contribution in [3.63, 3.8) is 0 Å². The van der Waals surface area contributed by atoms with Crippen molar-refractivity contribution in [3.05, 3.63) is 33.9 Å². The summed E-state index contributed by atoms with van der Waals surface area (Å²) in [6, 6.07) is 3.82. The summed E-state index contributed by atoms with van der Waals surface area (Å²) in [5.41, 5.74) is 0.124. The van der Waals surface area contributed by atoms with Gasteiger partial charge in [-0.15, -0.1) is 0 Å². The Balaban J connectivity index is 2.35. The monoisotopic (exact) mass is 285 g/mol. The summed E-state index contributed by atoms with van der Waals surface area (Å²) in [4.78, 5) is 10.3. The number of nitrogens with zero attached hydrogens (tertiary/aromatic N) is 1. The van der Waals surface area contributed by atoms with E-state index in [-0.39, 0.29) is 22.9 Å². The zero-order valence-corrected chi connectivity index (χ0v) is 11.3. The summed E-state index contributed by atoms with van der Waals surface area (Å²) in [6.07, 6.45) is 2.48. The predicted molar refractivity (Wildman–Crippen MR) is 68.6 cm³/mol. The Bertz CT molecular complexity index is 607. The fourth-order valence-corrected chi connectivity index (χ4v) is 2.63. The number of sulfone groups is 1. The number of aliphatic hydroxyl groups is 1. The van der Waals surface area contributed by atoms with E-state index in [1.807, 2.05) is 0 Å². The van der Waals surface area contributed by atoms with E-state index in [9.17, 15) is 23.6 Å². The molecule has 1 aromatic carbocycles. The van der Waals surface area contributed by atoms with Crippen LogP contribution in [-0.4, -0.2) is 30.8 Å². The number of nitro benzene ring substituents is 1. The molecule has 1 aliphatic carbocycles. The fraction of sp³-hybridized carbons (Fsp3) is 0.500. The number of aliphatic hydroxyl groups excluding tert-OH is 1. The number of hydrogen-bond donors (Lipinski definition) is 1. The number of benzene rings is 1. The standard InChI is InChI=1S/C12H15NO5S/c1-19(17,18)10-5-4-9(11(7-10)13(15)16)6-12(14)8-2-3-8/h4-5,7-8,12,14H,2-3,6H2,1H3. The summed E-state index contributed by atoms with van der Waals surface area (Å²) in [6.45, 7) is 0. The average Bonchev–Trinajstić information content (AvgIpc) is 3.11. The summed E-state index contributed by atoms with van der Waals surface area (Å²) in [7, 11) is -3.48. The Morgan fingerprint density at radius 1 is 1.47 bits per heavy atom. The molecule has 104 valence electrons. The summed E-state index contributed by atoms with van der Waals surface area (Å²) in [5, 5.41) is 20.8. The molecule has 1 unspecified atom stereocenters. The lowest BCUT2D eigenvalue weighted by molar-refractivity contribution is -0.385. The van der Waals surface area contributed by atoms with E-state index in [2.05, 4.69) is 0 Å². The molecule has 0 aromatic heterocycles. The van der Waals surface area contributed by atoms with Gasteiger partial charge in [0.1, 0.15) is 0 Å². The number of hydrogen-bond acceptors (Lipinski definition) is 5. The molecule has 7 heteroatoms. The van der Waals surface area contributed by atoms with Gasteiger partial charge in [0, 0.05) is 24.3 Å². The molecule has 0 spiro atoms. The third-order valence-corrected chi connectivity index (χ3v) is 4.39. The SMILES string of the molecule is CS(=O)(=O)c1ccc(CC(O)C2CC2)c([N+](=O)[O-])c1. The van der Waals surface area contributed by atoms with Crippen molar-refractivity contribution < 1.29 is 18.4 Å². The van der Waals surface area contributed by atoms with E-state index in [0.717, 1.165) is 25.2 Å². The van der Waals surface area contributed by atoms with Crippen molar-refractivity contribution in [2.45, 2.75) is 30.3 Å². The van der Waals surface area contributed by atoms with Crippen LogP contribution >= 0.6 is 0 Å². The van der Waals surface area contributed by atoms with E-state index >= 15 is 0 Å². The Labute approximate surface area is 111 Å². The van der Waals surface area contributed by atoms with Crippen molar-refractivity contribution >= 4 is 15.5 Å². The quantitative estimate of drug-likeness (QED) is 0.649. The average molecular weight is 285 g/mol. The number of nitro groups is 1. The molecule has 2 rings (SSSR count). The molecular weight excluding hydrogens is 270 g/mol. The maximum absolute atomic E-state index is 11.4. The van der Waals surface area contributed by atoms with Gasteiger partial charge in [0.2, 0.25) is 0 Å². The maximum Gasteiger partial charge on any atom is 0.273 e. The van der Waals surface area contributed by atoms with Gasteiger partial charge in [0.25, 0.3) is 5.69 Å². The third-order valence-electron chi connectivity index (χ3n) is 3.28. The second-order valence-corrected chi connectivity index (χ2v) is 6.94. The van der Waals surface area contributed by atoms with Gasteiger partial charge in [0.05, 0.1) is 15.9 Å². The summed E-state index contributed by atoms with van der Waals surface area (Å²) < 4.78 is 22.8. The molecule has 0 bridgehead atoms. The van der Waals surface area contributed by atoms with Crippen LogP contribution in [0.1, 0.15) is 18.4 Å². The first kappa shape index (κ1) is 14.0. The van der Waals surface area contributed by atoms with E-state index in [1.165, 1.54) is 12.1 Å². The molecule has 1 atom stereocenters. The van der Waals surface area contributed by atoms with Crippen LogP contribution in [-0.2, 0) is 16.3 Å². The lowest BCUT2D eigenvalue weighted by Gasteiger charge is -2.10. The molecular formula is C12H15NO5S. The fourth-order valence-electron chi connectivity index (χ4n) is 1.99. The lowest BCUT2D eigenvalue weighted by atomic mass is 10.0. The zero-order chi connectivity index (χ0) is 14.2. The normalized spacial score (nSPS) is 17.2. The highest BCUT2D eigenvalue weighted by Gasteiger charge is 2.31. The van der Waals surface area contributed by atoms with Crippen LogP contribution < -0.4 is 0 Å². The van der Waals surface area contributed by atoms with E-state index in [1.54, 1.807) is 0 Å². The molecule has 0 amide bonds. The van der Waals surface area contributed by atoms with Gasteiger partial charge in [-0.3, -0.25) is 10.1 Å². The minimum atomic E-state index is -3.48. The van der Waals surface area contributed by atoms with Crippen LogP contribution in [0.4, 0.5) is 5.69 Å². The highest BCUT2D eigenvalue weighted by atomic mass is 32.2.